The Labute approximate surface area is 160 Å². The Kier molecular flexibility index (Phi) is 7.39. The summed E-state index contributed by atoms with van der Waals surface area (Å²) in [7, 11) is 3.22. The third kappa shape index (κ3) is 5.18. The third-order valence-electron chi connectivity index (χ3n) is 4.24. The van der Waals surface area contributed by atoms with Gasteiger partial charge in [0.1, 0.15) is 0 Å². The standard InChI is InChI=1S/C21H27NO3S/c1-6-18(16-9-12-19(24-4)20(13-16)25-5)22-21(23)15(3)26-17-10-7-14(2)8-11-17/h7-13,15,18H,6H2,1-5H3,(H,22,23)/t15-,18+/m1/s1. The first-order chi connectivity index (χ1) is 12.5. The molecule has 0 saturated carbocycles. The quantitative estimate of drug-likeness (QED) is 0.678. The molecule has 0 bridgehead atoms. The fourth-order valence-electron chi connectivity index (χ4n) is 2.65. The van der Waals surface area contributed by atoms with Gasteiger partial charge in [0.05, 0.1) is 25.5 Å². The van der Waals surface area contributed by atoms with Crippen LogP contribution in [0.2, 0.25) is 0 Å². The Balaban J connectivity index is 2.06. The van der Waals surface area contributed by atoms with E-state index in [2.05, 4.69) is 43.4 Å². The molecule has 2 rings (SSSR count). The van der Waals surface area contributed by atoms with E-state index in [1.807, 2.05) is 25.1 Å². The second-order valence-corrected chi connectivity index (χ2v) is 7.57. The first kappa shape index (κ1) is 20.2. The molecular formula is C21H27NO3S. The minimum absolute atomic E-state index is 0.0252. The molecule has 2 aromatic carbocycles. The van der Waals surface area contributed by atoms with Crippen LogP contribution in [0.25, 0.3) is 0 Å². The second-order valence-electron chi connectivity index (χ2n) is 6.16. The summed E-state index contributed by atoms with van der Waals surface area (Å²) in [4.78, 5) is 13.7. The summed E-state index contributed by atoms with van der Waals surface area (Å²) in [5.41, 5.74) is 2.22. The summed E-state index contributed by atoms with van der Waals surface area (Å²) in [5.74, 6) is 1.37. The fraction of sp³-hybridized carbons (Fsp3) is 0.381. The van der Waals surface area contributed by atoms with Gasteiger partial charge in [-0.05, 0) is 50.1 Å². The first-order valence-corrected chi connectivity index (χ1v) is 9.62. The van der Waals surface area contributed by atoms with Gasteiger partial charge in [0.25, 0.3) is 0 Å². The van der Waals surface area contributed by atoms with Crippen molar-refractivity contribution in [1.29, 1.82) is 0 Å². The van der Waals surface area contributed by atoms with Gasteiger partial charge in [0.2, 0.25) is 5.91 Å². The molecule has 5 heteroatoms. The average Bonchev–Trinajstić information content (AvgIpc) is 2.67. The van der Waals surface area contributed by atoms with Crippen LogP contribution in [0.4, 0.5) is 0 Å². The van der Waals surface area contributed by atoms with Gasteiger partial charge in [-0.15, -0.1) is 11.8 Å². The van der Waals surface area contributed by atoms with E-state index < -0.39 is 0 Å². The van der Waals surface area contributed by atoms with Gasteiger partial charge in [-0.25, -0.2) is 0 Å². The molecule has 0 fully saturated rings. The molecule has 0 radical (unpaired) electrons. The fourth-order valence-corrected chi connectivity index (χ4v) is 3.53. The number of ether oxygens (including phenoxy) is 2. The number of thioether (sulfide) groups is 1. The number of benzene rings is 2. The van der Waals surface area contributed by atoms with Crippen molar-refractivity contribution in [3.05, 3.63) is 53.6 Å². The zero-order chi connectivity index (χ0) is 19.1. The van der Waals surface area contributed by atoms with E-state index in [-0.39, 0.29) is 17.2 Å². The maximum absolute atomic E-state index is 12.6. The van der Waals surface area contributed by atoms with Crippen molar-refractivity contribution in [2.45, 2.75) is 43.4 Å². The monoisotopic (exact) mass is 373 g/mol. The van der Waals surface area contributed by atoms with E-state index >= 15 is 0 Å². The summed E-state index contributed by atoms with van der Waals surface area (Å²) < 4.78 is 10.7. The highest BCUT2D eigenvalue weighted by atomic mass is 32.2. The van der Waals surface area contributed by atoms with Crippen LogP contribution in [-0.2, 0) is 4.79 Å². The largest absolute Gasteiger partial charge is 0.493 e. The molecule has 0 aliphatic carbocycles. The first-order valence-electron chi connectivity index (χ1n) is 8.74. The number of hydrogen-bond donors (Lipinski definition) is 1. The second kappa shape index (κ2) is 9.53. The van der Waals surface area contributed by atoms with E-state index in [1.165, 1.54) is 5.56 Å². The van der Waals surface area contributed by atoms with Gasteiger partial charge in [-0.1, -0.05) is 30.7 Å². The Morgan fingerprint density at radius 1 is 1.08 bits per heavy atom. The number of hydrogen-bond acceptors (Lipinski definition) is 4. The summed E-state index contributed by atoms with van der Waals surface area (Å²) in [5, 5.41) is 2.97. The van der Waals surface area contributed by atoms with E-state index in [0.717, 1.165) is 16.9 Å². The van der Waals surface area contributed by atoms with Crippen LogP contribution >= 0.6 is 11.8 Å². The number of methoxy groups -OCH3 is 2. The van der Waals surface area contributed by atoms with Gasteiger partial charge in [-0.3, -0.25) is 4.79 Å². The van der Waals surface area contributed by atoms with Crippen molar-refractivity contribution >= 4 is 17.7 Å². The van der Waals surface area contributed by atoms with Crippen LogP contribution in [0, 0.1) is 6.92 Å². The lowest BCUT2D eigenvalue weighted by molar-refractivity contribution is -0.121. The maximum atomic E-state index is 12.6. The average molecular weight is 374 g/mol. The lowest BCUT2D eigenvalue weighted by atomic mass is 10.0. The minimum Gasteiger partial charge on any atom is -0.493 e. The highest BCUT2D eigenvalue weighted by molar-refractivity contribution is 8.00. The smallest absolute Gasteiger partial charge is 0.233 e. The van der Waals surface area contributed by atoms with Crippen molar-refractivity contribution in [3.8, 4) is 11.5 Å². The molecule has 140 valence electrons. The molecule has 0 heterocycles. The van der Waals surface area contributed by atoms with E-state index in [9.17, 15) is 4.79 Å². The Bertz CT molecular complexity index is 731. The third-order valence-corrected chi connectivity index (χ3v) is 5.35. The van der Waals surface area contributed by atoms with Crippen molar-refractivity contribution in [3.63, 3.8) is 0 Å². The zero-order valence-corrected chi connectivity index (χ0v) is 16.9. The summed E-state index contributed by atoms with van der Waals surface area (Å²) in [6.45, 7) is 6.04. The predicted octanol–water partition coefficient (Wildman–Crippen LogP) is 4.76. The van der Waals surface area contributed by atoms with Crippen molar-refractivity contribution < 1.29 is 14.3 Å². The van der Waals surface area contributed by atoms with E-state index in [0.29, 0.717) is 11.5 Å². The number of aryl methyl sites for hydroxylation is 1. The Morgan fingerprint density at radius 2 is 1.73 bits per heavy atom. The molecule has 4 nitrogen and oxygen atoms in total. The lowest BCUT2D eigenvalue weighted by Crippen LogP contribution is -2.34. The van der Waals surface area contributed by atoms with Crippen LogP contribution in [0.15, 0.2) is 47.4 Å². The van der Waals surface area contributed by atoms with Gasteiger partial charge in [0, 0.05) is 4.90 Å². The SMILES string of the molecule is CC[C@H](NC(=O)[C@@H](C)Sc1ccc(C)cc1)c1ccc(OC)c(OC)c1. The summed E-state index contributed by atoms with van der Waals surface area (Å²) >= 11 is 1.57. The highest BCUT2D eigenvalue weighted by Crippen LogP contribution is 2.31. The molecule has 0 aromatic heterocycles. The van der Waals surface area contributed by atoms with E-state index in [1.54, 1.807) is 26.0 Å². The molecule has 0 aliphatic heterocycles. The summed E-state index contributed by atoms with van der Waals surface area (Å²) in [6.07, 6.45) is 0.795. The molecule has 1 N–H and O–H groups in total. The molecule has 0 spiro atoms. The maximum Gasteiger partial charge on any atom is 0.233 e. The van der Waals surface area contributed by atoms with Crippen molar-refractivity contribution in [1.82, 2.24) is 5.32 Å². The lowest BCUT2D eigenvalue weighted by Gasteiger charge is -2.21. The van der Waals surface area contributed by atoms with Crippen LogP contribution < -0.4 is 14.8 Å². The molecule has 0 unspecified atom stereocenters. The van der Waals surface area contributed by atoms with Crippen LogP contribution in [0.1, 0.15) is 37.4 Å². The topological polar surface area (TPSA) is 47.6 Å². The molecule has 1 amide bonds. The highest BCUT2D eigenvalue weighted by Gasteiger charge is 2.20. The van der Waals surface area contributed by atoms with Gasteiger partial charge < -0.3 is 14.8 Å². The van der Waals surface area contributed by atoms with Crippen molar-refractivity contribution in [2.75, 3.05) is 14.2 Å². The number of carbonyl (C=O) groups excluding carboxylic acids is 1. The molecular weight excluding hydrogens is 346 g/mol. The Morgan fingerprint density at radius 3 is 2.31 bits per heavy atom. The van der Waals surface area contributed by atoms with Crippen LogP contribution in [0.5, 0.6) is 11.5 Å². The van der Waals surface area contributed by atoms with Crippen molar-refractivity contribution in [2.24, 2.45) is 0 Å². The minimum atomic E-state index is -0.174. The molecule has 2 atom stereocenters. The van der Waals surface area contributed by atoms with Gasteiger partial charge >= 0.3 is 0 Å². The zero-order valence-electron chi connectivity index (χ0n) is 16.0. The number of nitrogens with one attached hydrogen (secondary N) is 1. The number of rotatable bonds is 8. The molecule has 26 heavy (non-hydrogen) atoms. The van der Waals surface area contributed by atoms with Gasteiger partial charge in [-0.2, -0.15) is 0 Å². The Hall–Kier alpha value is -2.14. The normalized spacial score (nSPS) is 13.0. The summed E-state index contributed by atoms with van der Waals surface area (Å²) in [6, 6.07) is 13.9. The predicted molar refractivity (Wildman–Crippen MR) is 107 cm³/mol. The number of carbonyl (C=O) groups is 1. The molecule has 2 aromatic rings. The van der Waals surface area contributed by atoms with E-state index in [4.69, 9.17) is 9.47 Å². The number of amides is 1. The molecule has 0 aliphatic rings. The van der Waals surface area contributed by atoms with Crippen LogP contribution in [-0.4, -0.2) is 25.4 Å². The van der Waals surface area contributed by atoms with Gasteiger partial charge in [0.15, 0.2) is 11.5 Å². The van der Waals surface area contributed by atoms with Crippen LogP contribution in [0.3, 0.4) is 0 Å². The molecule has 0 saturated heterocycles.